The van der Waals surface area contributed by atoms with Gasteiger partial charge in [0.2, 0.25) is 0 Å². The highest BCUT2D eigenvalue weighted by Gasteiger charge is 2.15. The molecule has 0 bridgehead atoms. The number of hydrogen-bond acceptors (Lipinski definition) is 4. The second-order valence-electron chi connectivity index (χ2n) is 6.52. The molecule has 0 aliphatic carbocycles. The molecule has 3 heterocycles. The number of anilines is 1. The summed E-state index contributed by atoms with van der Waals surface area (Å²) in [5, 5.41) is 5.95. The summed E-state index contributed by atoms with van der Waals surface area (Å²) < 4.78 is 41.2. The van der Waals surface area contributed by atoms with Crippen LogP contribution in [0.4, 0.5) is 19.0 Å². The van der Waals surface area contributed by atoms with Gasteiger partial charge in [-0.3, -0.25) is 4.79 Å². The Balaban J connectivity index is 1.46. The molecular weight excluding hydrogens is 371 g/mol. The molecule has 0 spiro atoms. The lowest BCUT2D eigenvalue weighted by atomic mass is 10.0. The molecule has 1 amide bonds. The third-order valence-corrected chi connectivity index (χ3v) is 4.49. The van der Waals surface area contributed by atoms with Crippen molar-refractivity contribution in [2.75, 3.05) is 11.9 Å². The average molecular weight is 387 g/mol. The SMILES string of the molecule is O=C(Nc1cc2c(cn1)CNCC2)c1cn(Cc2cc(F)c(F)c(F)c2)cn1. The molecule has 3 aromatic rings. The molecule has 0 radical (unpaired) electrons. The molecular formula is C19H16F3N5O. The molecule has 0 fully saturated rings. The van der Waals surface area contributed by atoms with E-state index in [2.05, 4.69) is 20.6 Å². The molecule has 28 heavy (non-hydrogen) atoms. The zero-order valence-electron chi connectivity index (χ0n) is 14.7. The summed E-state index contributed by atoms with van der Waals surface area (Å²) in [7, 11) is 0. The van der Waals surface area contributed by atoms with E-state index < -0.39 is 23.4 Å². The minimum absolute atomic E-state index is 0.0402. The van der Waals surface area contributed by atoms with Gasteiger partial charge in [0, 0.05) is 25.5 Å². The number of carbonyl (C=O) groups is 1. The van der Waals surface area contributed by atoms with E-state index in [-0.39, 0.29) is 17.8 Å². The average Bonchev–Trinajstić information content (AvgIpc) is 3.14. The maximum Gasteiger partial charge on any atom is 0.276 e. The van der Waals surface area contributed by atoms with Crippen LogP contribution in [0.25, 0.3) is 0 Å². The monoisotopic (exact) mass is 387 g/mol. The van der Waals surface area contributed by atoms with Crippen LogP contribution >= 0.6 is 0 Å². The normalized spacial score (nSPS) is 13.2. The van der Waals surface area contributed by atoms with Crippen molar-refractivity contribution < 1.29 is 18.0 Å². The number of nitrogens with zero attached hydrogens (tertiary/aromatic N) is 3. The third-order valence-electron chi connectivity index (χ3n) is 4.49. The number of carbonyl (C=O) groups excluding carboxylic acids is 1. The summed E-state index contributed by atoms with van der Waals surface area (Å²) in [6, 6.07) is 3.66. The van der Waals surface area contributed by atoms with Gasteiger partial charge in [0.15, 0.2) is 17.5 Å². The Labute approximate surface area is 158 Å². The molecule has 4 rings (SSSR count). The van der Waals surface area contributed by atoms with Crippen molar-refractivity contribution in [1.82, 2.24) is 19.9 Å². The van der Waals surface area contributed by atoms with Gasteiger partial charge in [-0.2, -0.15) is 0 Å². The van der Waals surface area contributed by atoms with Crippen LogP contribution in [0.1, 0.15) is 27.2 Å². The van der Waals surface area contributed by atoms with Crippen LogP contribution in [0.5, 0.6) is 0 Å². The van der Waals surface area contributed by atoms with E-state index >= 15 is 0 Å². The Hall–Kier alpha value is -3.20. The summed E-state index contributed by atoms with van der Waals surface area (Å²) in [4.78, 5) is 20.6. The predicted molar refractivity (Wildman–Crippen MR) is 95.2 cm³/mol. The largest absolute Gasteiger partial charge is 0.332 e. The molecule has 0 saturated carbocycles. The predicted octanol–water partition coefficient (Wildman–Crippen LogP) is 2.64. The van der Waals surface area contributed by atoms with Gasteiger partial charge in [0.1, 0.15) is 11.5 Å². The third kappa shape index (κ3) is 3.74. The van der Waals surface area contributed by atoms with Crippen LogP contribution in [0, 0.1) is 17.5 Å². The topological polar surface area (TPSA) is 71.8 Å². The minimum Gasteiger partial charge on any atom is -0.332 e. The van der Waals surface area contributed by atoms with Crippen molar-refractivity contribution in [3.63, 3.8) is 0 Å². The Morgan fingerprint density at radius 2 is 1.93 bits per heavy atom. The summed E-state index contributed by atoms with van der Waals surface area (Å²) in [5.41, 5.74) is 2.58. The van der Waals surface area contributed by atoms with Crippen LogP contribution in [-0.4, -0.2) is 27.0 Å². The molecule has 0 atom stereocenters. The first-order valence-corrected chi connectivity index (χ1v) is 8.64. The van der Waals surface area contributed by atoms with Gasteiger partial charge in [0.05, 0.1) is 6.33 Å². The van der Waals surface area contributed by atoms with Crippen molar-refractivity contribution in [3.05, 3.63) is 76.8 Å². The summed E-state index contributed by atoms with van der Waals surface area (Å²) in [6.07, 6.45) is 5.39. The van der Waals surface area contributed by atoms with E-state index in [1.165, 1.54) is 17.1 Å². The van der Waals surface area contributed by atoms with Gasteiger partial charge in [-0.05, 0) is 47.9 Å². The van der Waals surface area contributed by atoms with Crippen LogP contribution in [-0.2, 0) is 19.5 Å². The van der Waals surface area contributed by atoms with Gasteiger partial charge in [0.25, 0.3) is 5.91 Å². The molecule has 0 saturated heterocycles. The van der Waals surface area contributed by atoms with Crippen LogP contribution in [0.15, 0.2) is 36.9 Å². The lowest BCUT2D eigenvalue weighted by Gasteiger charge is -2.17. The zero-order chi connectivity index (χ0) is 19.7. The molecule has 1 aromatic carbocycles. The first kappa shape index (κ1) is 18.2. The molecule has 1 aliphatic rings. The van der Waals surface area contributed by atoms with E-state index in [9.17, 15) is 18.0 Å². The smallest absolute Gasteiger partial charge is 0.276 e. The van der Waals surface area contributed by atoms with Crippen LogP contribution in [0.3, 0.4) is 0 Å². The Kier molecular flexibility index (Phi) is 4.82. The van der Waals surface area contributed by atoms with E-state index in [0.717, 1.165) is 42.8 Å². The fourth-order valence-corrected chi connectivity index (χ4v) is 3.09. The zero-order valence-corrected chi connectivity index (χ0v) is 14.7. The van der Waals surface area contributed by atoms with Gasteiger partial charge in [-0.1, -0.05) is 0 Å². The van der Waals surface area contributed by atoms with Crippen molar-refractivity contribution >= 4 is 11.7 Å². The highest BCUT2D eigenvalue weighted by atomic mass is 19.2. The Morgan fingerprint density at radius 1 is 1.14 bits per heavy atom. The second kappa shape index (κ2) is 7.43. The standard InChI is InChI=1S/C19H16F3N5O/c20-14-3-11(4-15(21)18(14)22)8-27-9-16(25-10-27)19(28)26-17-5-12-1-2-23-6-13(12)7-24-17/h3-5,7,9-10,23H,1-2,6,8H2,(H,24,26,28). The number of imidazole rings is 1. The van der Waals surface area contributed by atoms with Gasteiger partial charge in [-0.15, -0.1) is 0 Å². The number of pyridine rings is 1. The Bertz CT molecular complexity index is 1030. The van der Waals surface area contributed by atoms with E-state index in [4.69, 9.17) is 0 Å². The van der Waals surface area contributed by atoms with Crippen molar-refractivity contribution in [2.45, 2.75) is 19.5 Å². The summed E-state index contributed by atoms with van der Waals surface area (Å²) in [5.74, 6) is -4.05. The molecule has 1 aliphatic heterocycles. The fourth-order valence-electron chi connectivity index (χ4n) is 3.09. The van der Waals surface area contributed by atoms with Gasteiger partial charge < -0.3 is 15.2 Å². The van der Waals surface area contributed by atoms with Crippen molar-refractivity contribution in [2.24, 2.45) is 0 Å². The lowest BCUT2D eigenvalue weighted by Crippen LogP contribution is -2.24. The molecule has 2 N–H and O–H groups in total. The molecule has 6 nitrogen and oxygen atoms in total. The number of amides is 1. The highest BCUT2D eigenvalue weighted by Crippen LogP contribution is 2.17. The molecule has 2 aromatic heterocycles. The highest BCUT2D eigenvalue weighted by molar-refractivity contribution is 6.02. The molecule has 9 heteroatoms. The maximum absolute atomic E-state index is 13.3. The number of rotatable bonds is 4. The van der Waals surface area contributed by atoms with Crippen LogP contribution in [0.2, 0.25) is 0 Å². The van der Waals surface area contributed by atoms with E-state index in [1.54, 1.807) is 6.20 Å². The number of nitrogens with one attached hydrogen (secondary N) is 2. The maximum atomic E-state index is 13.3. The number of benzene rings is 1. The fraction of sp³-hybridized carbons (Fsp3) is 0.211. The number of halogens is 3. The first-order valence-electron chi connectivity index (χ1n) is 8.64. The minimum atomic E-state index is -1.51. The van der Waals surface area contributed by atoms with Gasteiger partial charge in [-0.25, -0.2) is 23.1 Å². The Morgan fingerprint density at radius 3 is 2.71 bits per heavy atom. The number of aromatic nitrogens is 3. The summed E-state index contributed by atoms with van der Waals surface area (Å²) >= 11 is 0. The molecule has 144 valence electrons. The summed E-state index contributed by atoms with van der Waals surface area (Å²) in [6.45, 7) is 1.67. The lowest BCUT2D eigenvalue weighted by molar-refractivity contribution is 0.102. The molecule has 0 unspecified atom stereocenters. The quantitative estimate of drug-likeness (QED) is 0.676. The van der Waals surface area contributed by atoms with E-state index in [0.29, 0.717) is 5.82 Å². The number of fused-ring (bicyclic) bond motifs is 1. The van der Waals surface area contributed by atoms with Crippen molar-refractivity contribution in [3.8, 4) is 0 Å². The van der Waals surface area contributed by atoms with Crippen molar-refractivity contribution in [1.29, 1.82) is 0 Å². The van der Waals surface area contributed by atoms with E-state index in [1.807, 2.05) is 6.07 Å². The van der Waals surface area contributed by atoms with Gasteiger partial charge >= 0.3 is 0 Å². The number of hydrogen-bond donors (Lipinski definition) is 2. The second-order valence-corrected chi connectivity index (χ2v) is 6.52. The first-order chi connectivity index (χ1) is 13.5. The van der Waals surface area contributed by atoms with Crippen LogP contribution < -0.4 is 10.6 Å².